The van der Waals surface area contributed by atoms with Crippen molar-refractivity contribution < 1.29 is 14.6 Å². The van der Waals surface area contributed by atoms with Crippen molar-refractivity contribution in [1.29, 1.82) is 0 Å². The van der Waals surface area contributed by atoms with Gasteiger partial charge in [0, 0.05) is 24.9 Å². The fourth-order valence-electron chi connectivity index (χ4n) is 2.95. The second kappa shape index (κ2) is 8.49. The number of rotatable bonds is 8. The number of benzene rings is 2. The van der Waals surface area contributed by atoms with Crippen molar-refractivity contribution in [1.82, 2.24) is 14.7 Å². The van der Waals surface area contributed by atoms with Crippen LogP contribution in [0.5, 0.6) is 5.75 Å². The Morgan fingerprint density at radius 3 is 2.77 bits per heavy atom. The van der Waals surface area contributed by atoms with Crippen LogP contribution in [0.15, 0.2) is 54.7 Å². The van der Waals surface area contributed by atoms with Crippen LogP contribution in [0.25, 0.3) is 10.9 Å². The van der Waals surface area contributed by atoms with E-state index in [9.17, 15) is 9.90 Å². The first-order chi connectivity index (χ1) is 12.7. The molecule has 1 N–H and O–H groups in total. The highest BCUT2D eigenvalue weighted by Crippen LogP contribution is 2.20. The summed E-state index contributed by atoms with van der Waals surface area (Å²) in [4.78, 5) is 14.3. The van der Waals surface area contributed by atoms with Gasteiger partial charge in [-0.2, -0.15) is 5.10 Å². The highest BCUT2D eigenvalue weighted by Gasteiger charge is 2.14. The Morgan fingerprint density at radius 2 is 2.04 bits per heavy atom. The molecule has 0 saturated heterocycles. The molecule has 136 valence electrons. The fraction of sp³-hybridized carbons (Fsp3) is 0.300. The number of aromatic nitrogens is 2. The molecular weight excluding hydrogens is 330 g/mol. The first kappa shape index (κ1) is 17.9. The highest BCUT2D eigenvalue weighted by molar-refractivity contribution is 5.80. The lowest BCUT2D eigenvalue weighted by Gasteiger charge is -2.22. The summed E-state index contributed by atoms with van der Waals surface area (Å²) in [6, 6.07) is 15.5. The number of hydrogen-bond acceptors (Lipinski definition) is 4. The number of methoxy groups -OCH3 is 1. The van der Waals surface area contributed by atoms with Gasteiger partial charge in [0.1, 0.15) is 5.75 Å². The first-order valence-corrected chi connectivity index (χ1v) is 8.63. The zero-order valence-corrected chi connectivity index (χ0v) is 14.8. The minimum Gasteiger partial charge on any atom is -0.497 e. The van der Waals surface area contributed by atoms with E-state index in [0.29, 0.717) is 26.1 Å². The van der Waals surface area contributed by atoms with Gasteiger partial charge in [0.15, 0.2) is 0 Å². The predicted molar refractivity (Wildman–Crippen MR) is 99.8 cm³/mol. The molecule has 0 radical (unpaired) electrons. The quantitative estimate of drug-likeness (QED) is 0.675. The average Bonchev–Trinajstić information content (AvgIpc) is 3.08. The maximum atomic E-state index is 12.6. The molecule has 26 heavy (non-hydrogen) atoms. The number of hydrogen-bond donors (Lipinski definition) is 1. The summed E-state index contributed by atoms with van der Waals surface area (Å²) in [6.07, 6.45) is 2.10. The van der Waals surface area contributed by atoms with E-state index < -0.39 is 0 Å². The summed E-state index contributed by atoms with van der Waals surface area (Å²) in [5.74, 6) is 0.783. The molecule has 0 aliphatic heterocycles. The lowest BCUT2D eigenvalue weighted by molar-refractivity contribution is -0.132. The normalized spacial score (nSPS) is 10.8. The Balaban J connectivity index is 1.66. The summed E-state index contributed by atoms with van der Waals surface area (Å²) in [5, 5.41) is 14.6. The zero-order valence-electron chi connectivity index (χ0n) is 14.8. The number of nitrogens with zero attached hydrogens (tertiary/aromatic N) is 3. The first-order valence-electron chi connectivity index (χ1n) is 8.63. The van der Waals surface area contributed by atoms with E-state index in [1.54, 1.807) is 18.2 Å². The number of aryl methyl sites for hydroxylation is 1. The van der Waals surface area contributed by atoms with Crippen LogP contribution >= 0.6 is 0 Å². The lowest BCUT2D eigenvalue weighted by Crippen LogP contribution is -2.33. The summed E-state index contributed by atoms with van der Waals surface area (Å²) in [6.45, 7) is 1.26. The van der Waals surface area contributed by atoms with Gasteiger partial charge in [-0.05, 0) is 23.8 Å². The van der Waals surface area contributed by atoms with Crippen LogP contribution in [0.1, 0.15) is 12.0 Å². The van der Waals surface area contributed by atoms with Gasteiger partial charge < -0.3 is 14.7 Å². The van der Waals surface area contributed by atoms with Gasteiger partial charge in [-0.25, -0.2) is 0 Å². The van der Waals surface area contributed by atoms with Crippen LogP contribution in [0.3, 0.4) is 0 Å². The summed E-state index contributed by atoms with van der Waals surface area (Å²) in [7, 11) is 1.63. The fourth-order valence-corrected chi connectivity index (χ4v) is 2.95. The monoisotopic (exact) mass is 353 g/mol. The van der Waals surface area contributed by atoms with Crippen molar-refractivity contribution in [3.8, 4) is 5.75 Å². The molecule has 0 fully saturated rings. The largest absolute Gasteiger partial charge is 0.497 e. The van der Waals surface area contributed by atoms with Crippen molar-refractivity contribution in [2.45, 2.75) is 19.5 Å². The van der Waals surface area contributed by atoms with Crippen LogP contribution in [0.2, 0.25) is 0 Å². The molecule has 6 nitrogen and oxygen atoms in total. The van der Waals surface area contributed by atoms with Crippen molar-refractivity contribution in [2.24, 2.45) is 0 Å². The Bertz CT molecular complexity index is 861. The van der Waals surface area contributed by atoms with Crippen molar-refractivity contribution in [2.75, 3.05) is 20.3 Å². The van der Waals surface area contributed by atoms with E-state index in [1.165, 1.54) is 0 Å². The van der Waals surface area contributed by atoms with Crippen molar-refractivity contribution >= 4 is 16.8 Å². The van der Waals surface area contributed by atoms with Gasteiger partial charge in [0.2, 0.25) is 5.91 Å². The number of aliphatic hydroxyl groups excluding tert-OH is 1. The van der Waals surface area contributed by atoms with E-state index in [2.05, 4.69) is 5.10 Å². The molecule has 0 bridgehead atoms. The number of ether oxygens (including phenoxy) is 1. The molecule has 3 rings (SSSR count). The van der Waals surface area contributed by atoms with Gasteiger partial charge in [0.25, 0.3) is 0 Å². The summed E-state index contributed by atoms with van der Waals surface area (Å²) >= 11 is 0. The van der Waals surface area contributed by atoms with Gasteiger partial charge in [-0.3, -0.25) is 9.48 Å². The standard InChI is InChI=1S/C20H23N3O3/c1-26-18-7-8-19-17(13-18)14-21-23(19)10-9-20(25)22(11-12-24)15-16-5-3-2-4-6-16/h2-8,13-14,24H,9-12,15H2,1H3. The number of fused-ring (bicyclic) bond motifs is 1. The second-order valence-corrected chi connectivity index (χ2v) is 6.07. The molecular formula is C20H23N3O3. The number of amides is 1. The van der Waals surface area contributed by atoms with Crippen LogP contribution in [-0.4, -0.2) is 46.0 Å². The maximum Gasteiger partial charge on any atom is 0.224 e. The Kier molecular flexibility index (Phi) is 5.86. The molecule has 0 atom stereocenters. The van der Waals surface area contributed by atoms with E-state index in [-0.39, 0.29) is 12.5 Å². The molecule has 0 aliphatic rings. The van der Waals surface area contributed by atoms with E-state index in [1.807, 2.05) is 53.2 Å². The van der Waals surface area contributed by atoms with Crippen LogP contribution in [-0.2, 0) is 17.9 Å². The zero-order chi connectivity index (χ0) is 18.4. The van der Waals surface area contributed by atoms with Gasteiger partial charge in [-0.1, -0.05) is 30.3 Å². The Labute approximate surface area is 152 Å². The van der Waals surface area contributed by atoms with Gasteiger partial charge >= 0.3 is 0 Å². The van der Waals surface area contributed by atoms with Gasteiger partial charge in [0.05, 0.1) is 32.0 Å². The number of carbonyl (C=O) groups is 1. The molecule has 1 heterocycles. The molecule has 3 aromatic rings. The number of carbonyl (C=O) groups excluding carboxylic acids is 1. The van der Waals surface area contributed by atoms with Crippen LogP contribution < -0.4 is 4.74 Å². The molecule has 0 spiro atoms. The van der Waals surface area contributed by atoms with E-state index >= 15 is 0 Å². The molecule has 0 unspecified atom stereocenters. The highest BCUT2D eigenvalue weighted by atomic mass is 16.5. The summed E-state index contributed by atoms with van der Waals surface area (Å²) in [5.41, 5.74) is 2.02. The lowest BCUT2D eigenvalue weighted by atomic mass is 10.2. The minimum absolute atomic E-state index is 0.0000599. The molecule has 2 aromatic carbocycles. The Morgan fingerprint density at radius 1 is 1.23 bits per heavy atom. The molecule has 0 aliphatic carbocycles. The topological polar surface area (TPSA) is 67.6 Å². The minimum atomic E-state index is -0.0525. The SMILES string of the molecule is COc1ccc2c(cnn2CCC(=O)N(CCO)Cc2ccccc2)c1. The molecule has 6 heteroatoms. The third-order valence-corrected chi connectivity index (χ3v) is 4.33. The van der Waals surface area contributed by atoms with Crippen LogP contribution in [0, 0.1) is 0 Å². The maximum absolute atomic E-state index is 12.6. The third-order valence-electron chi connectivity index (χ3n) is 4.33. The van der Waals surface area contributed by atoms with Crippen LogP contribution in [0.4, 0.5) is 0 Å². The van der Waals surface area contributed by atoms with E-state index in [4.69, 9.17) is 4.74 Å². The van der Waals surface area contributed by atoms with E-state index in [0.717, 1.165) is 22.2 Å². The predicted octanol–water partition coefficient (Wildman–Crippen LogP) is 2.46. The molecule has 1 amide bonds. The van der Waals surface area contributed by atoms with Crippen molar-refractivity contribution in [3.05, 3.63) is 60.3 Å². The molecule has 1 aromatic heterocycles. The van der Waals surface area contributed by atoms with Gasteiger partial charge in [-0.15, -0.1) is 0 Å². The van der Waals surface area contributed by atoms with Crippen molar-refractivity contribution in [3.63, 3.8) is 0 Å². The molecule has 0 saturated carbocycles. The second-order valence-electron chi connectivity index (χ2n) is 6.07. The average molecular weight is 353 g/mol. The smallest absolute Gasteiger partial charge is 0.224 e. The number of aliphatic hydroxyl groups is 1. The third kappa shape index (κ3) is 4.21. The Hall–Kier alpha value is -2.86. The summed E-state index contributed by atoms with van der Waals surface area (Å²) < 4.78 is 7.05.